The molecular formula is C26H22N6O3. The minimum atomic E-state index is -0.640. The summed E-state index contributed by atoms with van der Waals surface area (Å²) in [5.41, 5.74) is 4.82. The number of aromatic nitrogens is 3. The largest absolute Gasteiger partial charge is 0.364 e. The van der Waals surface area contributed by atoms with Crippen LogP contribution >= 0.6 is 0 Å². The number of carbonyl (C=O) groups excluding carboxylic acids is 3. The topological polar surface area (TPSA) is 109 Å². The van der Waals surface area contributed by atoms with Crippen LogP contribution < -0.4 is 10.6 Å². The number of piperidine rings is 1. The molecule has 1 saturated heterocycles. The Bertz CT molecular complexity index is 1480. The van der Waals surface area contributed by atoms with E-state index in [9.17, 15) is 14.4 Å². The van der Waals surface area contributed by atoms with Crippen LogP contribution in [0.5, 0.6) is 0 Å². The highest BCUT2D eigenvalue weighted by Crippen LogP contribution is 2.34. The van der Waals surface area contributed by atoms with E-state index in [2.05, 4.69) is 15.7 Å². The van der Waals surface area contributed by atoms with E-state index >= 15 is 0 Å². The van der Waals surface area contributed by atoms with Crippen molar-refractivity contribution >= 4 is 29.2 Å². The lowest BCUT2D eigenvalue weighted by molar-refractivity contribution is -0.136. The molecule has 3 amide bonds. The Hall–Kier alpha value is -4.53. The van der Waals surface area contributed by atoms with E-state index < -0.39 is 11.9 Å². The van der Waals surface area contributed by atoms with Gasteiger partial charge in [-0.2, -0.15) is 9.61 Å². The molecule has 1 unspecified atom stereocenters. The second-order valence-corrected chi connectivity index (χ2v) is 8.71. The SMILES string of the molecule is O=C1CCC(N2Cc3cc(-c4nc5cccnn5c4NCc4ccccc4)ccc3C2=O)C(=O)N1. The minimum Gasteiger partial charge on any atom is -0.364 e. The van der Waals surface area contributed by atoms with Crippen molar-refractivity contribution in [2.75, 3.05) is 5.32 Å². The van der Waals surface area contributed by atoms with E-state index in [1.165, 1.54) is 0 Å². The van der Waals surface area contributed by atoms with Crippen LogP contribution in [-0.4, -0.2) is 43.3 Å². The maximum absolute atomic E-state index is 13.1. The molecule has 0 spiro atoms. The zero-order valence-electron chi connectivity index (χ0n) is 18.8. The molecule has 1 fully saturated rings. The summed E-state index contributed by atoms with van der Waals surface area (Å²) in [7, 11) is 0. The average molecular weight is 467 g/mol. The van der Waals surface area contributed by atoms with E-state index in [4.69, 9.17) is 4.98 Å². The van der Waals surface area contributed by atoms with Crippen LogP contribution in [0.25, 0.3) is 16.9 Å². The molecule has 0 saturated carbocycles. The number of anilines is 1. The zero-order valence-corrected chi connectivity index (χ0v) is 18.8. The van der Waals surface area contributed by atoms with Crippen LogP contribution in [0.4, 0.5) is 5.82 Å². The van der Waals surface area contributed by atoms with Crippen molar-refractivity contribution in [1.29, 1.82) is 0 Å². The predicted octanol–water partition coefficient (Wildman–Crippen LogP) is 2.77. The fraction of sp³-hybridized carbons (Fsp3) is 0.192. The van der Waals surface area contributed by atoms with Crippen molar-refractivity contribution in [3.63, 3.8) is 0 Å². The zero-order chi connectivity index (χ0) is 23.9. The summed E-state index contributed by atoms with van der Waals surface area (Å²) in [5, 5.41) is 10.3. The molecule has 0 bridgehead atoms. The molecule has 9 heteroatoms. The van der Waals surface area contributed by atoms with Gasteiger partial charge in [0.05, 0.1) is 0 Å². The lowest BCUT2D eigenvalue weighted by Gasteiger charge is -2.29. The lowest BCUT2D eigenvalue weighted by atomic mass is 10.0. The normalized spacial score (nSPS) is 17.5. The molecule has 4 heterocycles. The van der Waals surface area contributed by atoms with Crippen molar-refractivity contribution in [1.82, 2.24) is 24.8 Å². The second kappa shape index (κ2) is 8.35. The second-order valence-electron chi connectivity index (χ2n) is 8.71. The number of imidazole rings is 1. The Labute approximate surface area is 200 Å². The Balaban J connectivity index is 1.33. The van der Waals surface area contributed by atoms with Gasteiger partial charge in [0.2, 0.25) is 11.8 Å². The maximum Gasteiger partial charge on any atom is 0.255 e. The summed E-state index contributed by atoms with van der Waals surface area (Å²) < 4.78 is 1.77. The number of benzene rings is 2. The van der Waals surface area contributed by atoms with Crippen molar-refractivity contribution < 1.29 is 14.4 Å². The van der Waals surface area contributed by atoms with Gasteiger partial charge in [-0.25, -0.2) is 4.98 Å². The monoisotopic (exact) mass is 466 g/mol. The fourth-order valence-electron chi connectivity index (χ4n) is 4.75. The molecule has 4 aromatic rings. The van der Waals surface area contributed by atoms with Gasteiger partial charge in [-0.1, -0.05) is 36.4 Å². The van der Waals surface area contributed by atoms with Gasteiger partial charge in [0.15, 0.2) is 11.5 Å². The molecule has 2 aliphatic heterocycles. The van der Waals surface area contributed by atoms with E-state index in [0.717, 1.165) is 28.2 Å². The fourth-order valence-corrected chi connectivity index (χ4v) is 4.75. The third-order valence-electron chi connectivity index (χ3n) is 6.49. The number of nitrogens with zero attached hydrogens (tertiary/aromatic N) is 4. The Morgan fingerprint density at radius 2 is 1.89 bits per heavy atom. The van der Waals surface area contributed by atoms with Gasteiger partial charge in [0.25, 0.3) is 5.91 Å². The predicted molar refractivity (Wildman–Crippen MR) is 128 cm³/mol. The third-order valence-corrected chi connectivity index (χ3v) is 6.49. The Kier molecular flexibility index (Phi) is 5.02. The highest BCUT2D eigenvalue weighted by Gasteiger charge is 2.39. The van der Waals surface area contributed by atoms with Crippen LogP contribution in [-0.2, 0) is 22.7 Å². The highest BCUT2D eigenvalue weighted by atomic mass is 16.2. The number of imide groups is 1. The van der Waals surface area contributed by atoms with Crippen LogP contribution in [0.1, 0.15) is 34.3 Å². The van der Waals surface area contributed by atoms with Gasteiger partial charge in [-0.15, -0.1) is 0 Å². The number of rotatable bonds is 5. The molecule has 0 aliphatic carbocycles. The molecule has 0 radical (unpaired) electrons. The summed E-state index contributed by atoms with van der Waals surface area (Å²) in [6.45, 7) is 0.914. The number of carbonyl (C=O) groups is 3. The summed E-state index contributed by atoms with van der Waals surface area (Å²) in [5.74, 6) is -0.147. The molecule has 2 aromatic carbocycles. The van der Waals surface area contributed by atoms with Crippen LogP contribution in [0, 0.1) is 0 Å². The van der Waals surface area contributed by atoms with E-state index in [1.54, 1.807) is 21.7 Å². The van der Waals surface area contributed by atoms with E-state index in [1.807, 2.05) is 54.6 Å². The molecule has 2 aromatic heterocycles. The van der Waals surface area contributed by atoms with Crippen molar-refractivity contribution in [2.24, 2.45) is 0 Å². The minimum absolute atomic E-state index is 0.194. The van der Waals surface area contributed by atoms with Gasteiger partial charge < -0.3 is 10.2 Å². The van der Waals surface area contributed by atoms with Crippen LogP contribution in [0.15, 0.2) is 66.9 Å². The first kappa shape index (κ1) is 21.0. The van der Waals surface area contributed by atoms with Gasteiger partial charge in [0, 0.05) is 36.8 Å². The number of hydrogen-bond acceptors (Lipinski definition) is 6. The first-order chi connectivity index (χ1) is 17.1. The quantitative estimate of drug-likeness (QED) is 0.438. The lowest BCUT2D eigenvalue weighted by Crippen LogP contribution is -2.52. The average Bonchev–Trinajstić information content (AvgIpc) is 3.41. The molecule has 2 N–H and O–H groups in total. The summed E-state index contributed by atoms with van der Waals surface area (Å²) in [6.07, 6.45) is 2.28. The molecule has 35 heavy (non-hydrogen) atoms. The number of hydrogen-bond donors (Lipinski definition) is 2. The highest BCUT2D eigenvalue weighted by molar-refractivity contribution is 6.05. The molecule has 6 rings (SSSR count). The molecule has 9 nitrogen and oxygen atoms in total. The molecule has 1 atom stereocenters. The van der Waals surface area contributed by atoms with Crippen LogP contribution in [0.3, 0.4) is 0 Å². The summed E-state index contributed by atoms with van der Waals surface area (Å²) in [4.78, 5) is 43.3. The first-order valence-electron chi connectivity index (χ1n) is 11.5. The van der Waals surface area contributed by atoms with Gasteiger partial charge >= 0.3 is 0 Å². The number of nitrogens with one attached hydrogen (secondary N) is 2. The maximum atomic E-state index is 13.1. The van der Waals surface area contributed by atoms with Crippen molar-refractivity contribution in [2.45, 2.75) is 32.0 Å². The van der Waals surface area contributed by atoms with Crippen LogP contribution in [0.2, 0.25) is 0 Å². The van der Waals surface area contributed by atoms with E-state index in [0.29, 0.717) is 30.7 Å². The van der Waals surface area contributed by atoms with Gasteiger partial charge in [0.1, 0.15) is 11.7 Å². The standard InChI is InChI=1S/C26H22N6O3/c33-22-11-10-20(25(34)30-22)31-15-18-13-17(8-9-19(18)26(31)35)23-24(27-14-16-5-2-1-3-6-16)32-21(29-23)7-4-12-28-32/h1-9,12-13,20,27H,10-11,14-15H2,(H,30,33,34). The van der Waals surface area contributed by atoms with Gasteiger partial charge in [-0.05, 0) is 41.8 Å². The molecule has 174 valence electrons. The molecule has 2 aliphatic rings. The smallest absolute Gasteiger partial charge is 0.255 e. The Morgan fingerprint density at radius 1 is 1.03 bits per heavy atom. The van der Waals surface area contributed by atoms with Crippen molar-refractivity contribution in [3.05, 3.63) is 83.6 Å². The summed E-state index contributed by atoms with van der Waals surface area (Å²) >= 11 is 0. The van der Waals surface area contributed by atoms with Gasteiger partial charge in [-0.3, -0.25) is 19.7 Å². The summed E-state index contributed by atoms with van der Waals surface area (Å²) in [6, 6.07) is 18.8. The third kappa shape index (κ3) is 3.71. The molecular weight excluding hydrogens is 444 g/mol. The number of fused-ring (bicyclic) bond motifs is 2. The Morgan fingerprint density at radius 3 is 2.71 bits per heavy atom. The van der Waals surface area contributed by atoms with Crippen molar-refractivity contribution in [3.8, 4) is 11.3 Å². The van der Waals surface area contributed by atoms with E-state index in [-0.39, 0.29) is 18.2 Å². The first-order valence-corrected chi connectivity index (χ1v) is 11.5. The number of amides is 3.